The average molecular weight is 404 g/mol. The molecule has 1 aliphatic rings. The normalized spacial score (nSPS) is 14.5. The monoisotopic (exact) mass is 403 g/mol. The van der Waals surface area contributed by atoms with Crippen LogP contribution in [-0.2, 0) is 11.2 Å². The third kappa shape index (κ3) is 5.69. The highest BCUT2D eigenvalue weighted by molar-refractivity contribution is 5.85. The first kappa shape index (κ1) is 22.4. The molecule has 5 nitrogen and oxygen atoms in total. The molecule has 0 spiro atoms. The number of carbonyl (C=O) groups is 1. The van der Waals surface area contributed by atoms with E-state index in [0.29, 0.717) is 23.1 Å². The standard InChI is InChI=1S/C18H22FN3O2.2ClH/c1-20-11-13-6-8-22(9-7-13)17(23)10-16-12-24-18(21-16)14-2-4-15(19)5-3-14;;/h2-5,12-13,20H,6-11H2,1H3;2*1H. The van der Waals surface area contributed by atoms with Gasteiger partial charge in [-0.05, 0) is 56.6 Å². The van der Waals surface area contributed by atoms with Gasteiger partial charge in [0, 0.05) is 18.7 Å². The van der Waals surface area contributed by atoms with Gasteiger partial charge in [0.1, 0.15) is 12.1 Å². The molecule has 8 heteroatoms. The lowest BCUT2D eigenvalue weighted by atomic mass is 9.96. The Morgan fingerprint density at radius 1 is 1.27 bits per heavy atom. The first-order valence-electron chi connectivity index (χ1n) is 8.28. The van der Waals surface area contributed by atoms with E-state index in [0.717, 1.165) is 32.5 Å². The van der Waals surface area contributed by atoms with Crippen LogP contribution in [0.15, 0.2) is 34.9 Å². The Kier molecular flexibility index (Phi) is 9.05. The minimum absolute atomic E-state index is 0. The Bertz CT molecular complexity index is 686. The van der Waals surface area contributed by atoms with Crippen molar-refractivity contribution in [2.45, 2.75) is 19.3 Å². The lowest BCUT2D eigenvalue weighted by Crippen LogP contribution is -2.41. The maximum absolute atomic E-state index is 13.0. The number of hydrogen-bond donors (Lipinski definition) is 1. The van der Waals surface area contributed by atoms with Crippen molar-refractivity contribution < 1.29 is 13.6 Å². The lowest BCUT2D eigenvalue weighted by Gasteiger charge is -2.31. The Hall–Kier alpha value is -1.63. The Morgan fingerprint density at radius 2 is 1.92 bits per heavy atom. The Labute approximate surface area is 165 Å². The van der Waals surface area contributed by atoms with Gasteiger partial charge in [-0.15, -0.1) is 24.8 Å². The molecular weight excluding hydrogens is 380 g/mol. The molecule has 2 heterocycles. The summed E-state index contributed by atoms with van der Waals surface area (Å²) in [5.41, 5.74) is 1.31. The summed E-state index contributed by atoms with van der Waals surface area (Å²) < 4.78 is 18.4. The summed E-state index contributed by atoms with van der Waals surface area (Å²) in [6, 6.07) is 5.94. The highest BCUT2D eigenvalue weighted by atomic mass is 35.5. The van der Waals surface area contributed by atoms with E-state index >= 15 is 0 Å². The fraction of sp³-hybridized carbons (Fsp3) is 0.444. The molecule has 1 fully saturated rings. The van der Waals surface area contributed by atoms with Gasteiger partial charge in [-0.2, -0.15) is 0 Å². The molecule has 26 heavy (non-hydrogen) atoms. The number of likely N-dealkylation sites (tertiary alicyclic amines) is 1. The van der Waals surface area contributed by atoms with E-state index in [2.05, 4.69) is 10.3 Å². The predicted octanol–water partition coefficient (Wildman–Crippen LogP) is 3.32. The molecule has 144 valence electrons. The minimum atomic E-state index is -0.303. The number of benzene rings is 1. The third-order valence-electron chi connectivity index (χ3n) is 4.44. The van der Waals surface area contributed by atoms with E-state index in [1.54, 1.807) is 12.1 Å². The SMILES string of the molecule is CNCC1CCN(C(=O)Cc2coc(-c3ccc(F)cc3)n2)CC1.Cl.Cl. The summed E-state index contributed by atoms with van der Waals surface area (Å²) in [5.74, 6) is 0.834. The van der Waals surface area contributed by atoms with Crippen molar-refractivity contribution in [1.29, 1.82) is 0 Å². The molecule has 1 aliphatic heterocycles. The van der Waals surface area contributed by atoms with Crippen LogP contribution in [0.1, 0.15) is 18.5 Å². The quantitative estimate of drug-likeness (QED) is 0.831. The van der Waals surface area contributed by atoms with Gasteiger partial charge in [-0.25, -0.2) is 9.37 Å². The fourth-order valence-corrected chi connectivity index (χ4v) is 3.06. The van der Waals surface area contributed by atoms with Gasteiger partial charge in [0.05, 0.1) is 12.1 Å². The van der Waals surface area contributed by atoms with Crippen LogP contribution in [0.2, 0.25) is 0 Å². The summed E-state index contributed by atoms with van der Waals surface area (Å²) in [5, 5.41) is 3.19. The summed E-state index contributed by atoms with van der Waals surface area (Å²) in [6.45, 7) is 2.61. The topological polar surface area (TPSA) is 58.4 Å². The molecule has 2 aromatic rings. The number of halogens is 3. The second-order valence-corrected chi connectivity index (χ2v) is 6.21. The summed E-state index contributed by atoms with van der Waals surface area (Å²) >= 11 is 0. The molecule has 1 N–H and O–H groups in total. The second-order valence-electron chi connectivity index (χ2n) is 6.21. The highest BCUT2D eigenvalue weighted by Crippen LogP contribution is 2.20. The third-order valence-corrected chi connectivity index (χ3v) is 4.44. The van der Waals surface area contributed by atoms with Crippen LogP contribution in [0.5, 0.6) is 0 Å². The second kappa shape index (κ2) is 10.5. The zero-order valence-corrected chi connectivity index (χ0v) is 16.2. The van der Waals surface area contributed by atoms with Crippen LogP contribution < -0.4 is 5.32 Å². The van der Waals surface area contributed by atoms with E-state index in [-0.39, 0.29) is 43.0 Å². The van der Waals surface area contributed by atoms with Crippen molar-refractivity contribution in [3.8, 4) is 11.5 Å². The van der Waals surface area contributed by atoms with Gasteiger partial charge in [-0.3, -0.25) is 4.79 Å². The number of nitrogens with one attached hydrogen (secondary N) is 1. The molecule has 1 amide bonds. The number of aromatic nitrogens is 1. The van der Waals surface area contributed by atoms with Crippen LogP contribution in [0, 0.1) is 11.7 Å². The first-order valence-corrected chi connectivity index (χ1v) is 8.28. The van der Waals surface area contributed by atoms with Gasteiger partial charge in [-0.1, -0.05) is 0 Å². The lowest BCUT2D eigenvalue weighted by molar-refractivity contribution is -0.131. The Balaban J connectivity index is 0.00000169. The van der Waals surface area contributed by atoms with Crippen LogP contribution in [0.4, 0.5) is 4.39 Å². The van der Waals surface area contributed by atoms with Crippen molar-refractivity contribution in [1.82, 2.24) is 15.2 Å². The number of carbonyl (C=O) groups excluding carboxylic acids is 1. The molecular formula is C18H24Cl2FN3O2. The van der Waals surface area contributed by atoms with Crippen molar-refractivity contribution in [2.75, 3.05) is 26.7 Å². The number of oxazole rings is 1. The molecule has 0 bridgehead atoms. The van der Waals surface area contributed by atoms with E-state index < -0.39 is 0 Å². The average Bonchev–Trinajstić information content (AvgIpc) is 3.05. The van der Waals surface area contributed by atoms with Crippen LogP contribution in [0.3, 0.4) is 0 Å². The van der Waals surface area contributed by atoms with Crippen molar-refractivity contribution in [3.63, 3.8) is 0 Å². The molecule has 0 aliphatic carbocycles. The number of nitrogens with zero attached hydrogens (tertiary/aromatic N) is 2. The molecule has 1 aromatic heterocycles. The summed E-state index contributed by atoms with van der Waals surface area (Å²) in [6.07, 6.45) is 3.81. The summed E-state index contributed by atoms with van der Waals surface area (Å²) in [4.78, 5) is 18.6. The number of rotatable bonds is 5. The Morgan fingerprint density at radius 3 is 2.54 bits per heavy atom. The number of hydrogen-bond acceptors (Lipinski definition) is 4. The van der Waals surface area contributed by atoms with Gasteiger partial charge in [0.2, 0.25) is 11.8 Å². The molecule has 0 atom stereocenters. The molecule has 1 saturated heterocycles. The fourth-order valence-electron chi connectivity index (χ4n) is 3.06. The van der Waals surface area contributed by atoms with Crippen molar-refractivity contribution in [3.05, 3.63) is 42.0 Å². The molecule has 0 unspecified atom stereocenters. The van der Waals surface area contributed by atoms with Gasteiger partial charge in [0.25, 0.3) is 0 Å². The van der Waals surface area contributed by atoms with E-state index in [9.17, 15) is 9.18 Å². The molecule has 1 aromatic carbocycles. The summed E-state index contributed by atoms with van der Waals surface area (Å²) in [7, 11) is 1.96. The minimum Gasteiger partial charge on any atom is -0.444 e. The smallest absolute Gasteiger partial charge is 0.228 e. The van der Waals surface area contributed by atoms with E-state index in [1.807, 2.05) is 11.9 Å². The van der Waals surface area contributed by atoms with E-state index in [4.69, 9.17) is 4.42 Å². The van der Waals surface area contributed by atoms with Gasteiger partial charge >= 0.3 is 0 Å². The predicted molar refractivity (Wildman–Crippen MR) is 103 cm³/mol. The van der Waals surface area contributed by atoms with Crippen LogP contribution >= 0.6 is 24.8 Å². The number of amides is 1. The maximum atomic E-state index is 13.0. The molecule has 0 radical (unpaired) electrons. The zero-order valence-electron chi connectivity index (χ0n) is 14.6. The van der Waals surface area contributed by atoms with Crippen molar-refractivity contribution in [2.24, 2.45) is 5.92 Å². The molecule has 3 rings (SSSR count). The molecule has 0 saturated carbocycles. The van der Waals surface area contributed by atoms with E-state index in [1.165, 1.54) is 18.4 Å². The van der Waals surface area contributed by atoms with Gasteiger partial charge in [0.15, 0.2) is 0 Å². The largest absolute Gasteiger partial charge is 0.444 e. The van der Waals surface area contributed by atoms with Gasteiger partial charge < -0.3 is 14.6 Å². The highest BCUT2D eigenvalue weighted by Gasteiger charge is 2.23. The zero-order chi connectivity index (χ0) is 16.9. The van der Waals surface area contributed by atoms with Crippen LogP contribution in [0.25, 0.3) is 11.5 Å². The van der Waals surface area contributed by atoms with Crippen molar-refractivity contribution >= 4 is 30.7 Å². The number of piperidine rings is 1. The maximum Gasteiger partial charge on any atom is 0.228 e. The first-order chi connectivity index (χ1) is 11.7. The van der Waals surface area contributed by atoms with Crippen LogP contribution in [-0.4, -0.2) is 42.5 Å².